The van der Waals surface area contributed by atoms with Gasteiger partial charge in [0.05, 0.1) is 6.21 Å². The molecule has 0 aliphatic carbocycles. The minimum absolute atomic E-state index is 0.172. The summed E-state index contributed by atoms with van der Waals surface area (Å²) in [6.07, 6.45) is 2.61. The summed E-state index contributed by atoms with van der Waals surface area (Å²) in [6, 6.07) is 23.1. The molecule has 1 aliphatic rings. The summed E-state index contributed by atoms with van der Waals surface area (Å²) in [5, 5.41) is 4.01. The van der Waals surface area contributed by atoms with E-state index in [1.54, 1.807) is 30.5 Å². The summed E-state index contributed by atoms with van der Waals surface area (Å²) in [6.45, 7) is 2.67. The fourth-order valence-electron chi connectivity index (χ4n) is 3.74. The number of carbonyl (C=O) groups excluding carboxylic acids is 2. The van der Waals surface area contributed by atoms with E-state index in [2.05, 4.69) is 39.7 Å². The molecule has 2 amide bonds. The van der Waals surface area contributed by atoms with Crippen LogP contribution in [0.5, 0.6) is 5.75 Å². The molecule has 0 aromatic heterocycles. The SMILES string of the molecule is NC(=O)COc1ccc(/C=N\NC(=O)c2ccc(CN3CCc4ccccc4C3)cc2)cc1. The predicted octanol–water partition coefficient (Wildman–Crippen LogP) is 2.87. The molecule has 0 saturated heterocycles. The Morgan fingerprint density at radius 2 is 1.73 bits per heavy atom. The lowest BCUT2D eigenvalue weighted by Gasteiger charge is -2.28. The number of benzene rings is 3. The van der Waals surface area contributed by atoms with Crippen molar-refractivity contribution in [3.8, 4) is 5.75 Å². The van der Waals surface area contributed by atoms with Crippen molar-refractivity contribution >= 4 is 18.0 Å². The van der Waals surface area contributed by atoms with E-state index in [1.165, 1.54) is 16.7 Å². The summed E-state index contributed by atoms with van der Waals surface area (Å²) < 4.78 is 5.20. The zero-order valence-electron chi connectivity index (χ0n) is 18.2. The summed E-state index contributed by atoms with van der Waals surface area (Å²) >= 11 is 0. The van der Waals surface area contributed by atoms with Crippen LogP contribution in [0.2, 0.25) is 0 Å². The number of fused-ring (bicyclic) bond motifs is 1. The topological polar surface area (TPSA) is 97.0 Å². The third kappa shape index (κ3) is 6.27. The first-order valence-electron chi connectivity index (χ1n) is 10.8. The maximum absolute atomic E-state index is 12.4. The van der Waals surface area contributed by atoms with Crippen LogP contribution in [0.1, 0.15) is 32.6 Å². The van der Waals surface area contributed by atoms with E-state index in [1.807, 2.05) is 24.3 Å². The van der Waals surface area contributed by atoms with Gasteiger partial charge in [0, 0.05) is 25.2 Å². The van der Waals surface area contributed by atoms with Gasteiger partial charge >= 0.3 is 0 Å². The van der Waals surface area contributed by atoms with Gasteiger partial charge in [-0.1, -0.05) is 36.4 Å². The number of amides is 2. The Labute approximate surface area is 192 Å². The third-order valence-electron chi connectivity index (χ3n) is 5.47. The van der Waals surface area contributed by atoms with Crippen LogP contribution in [-0.4, -0.2) is 36.1 Å². The first-order valence-corrected chi connectivity index (χ1v) is 10.8. The second-order valence-corrected chi connectivity index (χ2v) is 7.95. The monoisotopic (exact) mass is 442 g/mol. The molecule has 1 heterocycles. The number of primary amides is 1. The highest BCUT2D eigenvalue weighted by molar-refractivity contribution is 5.94. The maximum atomic E-state index is 12.4. The normalized spacial score (nSPS) is 13.5. The number of hydrogen-bond acceptors (Lipinski definition) is 5. The highest BCUT2D eigenvalue weighted by atomic mass is 16.5. The Morgan fingerprint density at radius 3 is 2.45 bits per heavy atom. The van der Waals surface area contributed by atoms with E-state index in [-0.39, 0.29) is 12.5 Å². The van der Waals surface area contributed by atoms with Crippen molar-refractivity contribution in [3.05, 3.63) is 101 Å². The number of hydrogen-bond donors (Lipinski definition) is 2. The quantitative estimate of drug-likeness (QED) is 0.414. The summed E-state index contributed by atoms with van der Waals surface area (Å²) in [5.74, 6) is -0.274. The molecule has 7 nitrogen and oxygen atoms in total. The van der Waals surface area contributed by atoms with E-state index in [0.29, 0.717) is 11.3 Å². The minimum atomic E-state index is -0.534. The molecule has 0 radical (unpaired) electrons. The van der Waals surface area contributed by atoms with Crippen LogP contribution >= 0.6 is 0 Å². The van der Waals surface area contributed by atoms with Crippen molar-refractivity contribution in [3.63, 3.8) is 0 Å². The van der Waals surface area contributed by atoms with Gasteiger partial charge in [0.25, 0.3) is 11.8 Å². The zero-order valence-corrected chi connectivity index (χ0v) is 18.2. The second kappa shape index (κ2) is 10.6. The molecule has 3 N–H and O–H groups in total. The third-order valence-corrected chi connectivity index (χ3v) is 5.47. The fourth-order valence-corrected chi connectivity index (χ4v) is 3.74. The van der Waals surface area contributed by atoms with Gasteiger partial charge in [-0.15, -0.1) is 0 Å². The average Bonchev–Trinajstić information content (AvgIpc) is 2.84. The smallest absolute Gasteiger partial charge is 0.271 e. The highest BCUT2D eigenvalue weighted by Crippen LogP contribution is 2.20. The lowest BCUT2D eigenvalue weighted by atomic mass is 9.99. The Kier molecular flexibility index (Phi) is 7.12. The van der Waals surface area contributed by atoms with Crippen molar-refractivity contribution in [1.82, 2.24) is 10.3 Å². The number of nitrogens with zero attached hydrogens (tertiary/aromatic N) is 2. The van der Waals surface area contributed by atoms with Gasteiger partial charge in [-0.05, 0) is 65.1 Å². The van der Waals surface area contributed by atoms with E-state index in [9.17, 15) is 9.59 Å². The summed E-state index contributed by atoms with van der Waals surface area (Å²) in [4.78, 5) is 25.5. The van der Waals surface area contributed by atoms with Crippen molar-refractivity contribution in [2.75, 3.05) is 13.2 Å². The average molecular weight is 443 g/mol. The van der Waals surface area contributed by atoms with Gasteiger partial charge in [0.1, 0.15) is 5.75 Å². The highest BCUT2D eigenvalue weighted by Gasteiger charge is 2.15. The van der Waals surface area contributed by atoms with Crippen LogP contribution < -0.4 is 15.9 Å². The lowest BCUT2D eigenvalue weighted by molar-refractivity contribution is -0.119. The molecular formula is C26H26N4O3. The molecule has 0 saturated carbocycles. The molecule has 1 aliphatic heterocycles. The van der Waals surface area contributed by atoms with Crippen LogP contribution in [-0.2, 0) is 24.3 Å². The van der Waals surface area contributed by atoms with Crippen LogP contribution in [0, 0.1) is 0 Å². The van der Waals surface area contributed by atoms with Gasteiger partial charge < -0.3 is 10.5 Å². The van der Waals surface area contributed by atoms with Gasteiger partial charge in [-0.2, -0.15) is 5.10 Å². The molecule has 7 heteroatoms. The van der Waals surface area contributed by atoms with Crippen molar-refractivity contribution in [1.29, 1.82) is 0 Å². The van der Waals surface area contributed by atoms with Crippen molar-refractivity contribution in [2.45, 2.75) is 19.5 Å². The van der Waals surface area contributed by atoms with E-state index >= 15 is 0 Å². The van der Waals surface area contributed by atoms with E-state index < -0.39 is 5.91 Å². The molecule has 3 aromatic carbocycles. The molecule has 4 rings (SSSR count). The molecule has 0 spiro atoms. The molecule has 3 aromatic rings. The molecule has 33 heavy (non-hydrogen) atoms. The Morgan fingerprint density at radius 1 is 1.00 bits per heavy atom. The Hall–Kier alpha value is -3.97. The second-order valence-electron chi connectivity index (χ2n) is 7.95. The summed E-state index contributed by atoms with van der Waals surface area (Å²) in [7, 11) is 0. The number of ether oxygens (including phenoxy) is 1. The largest absolute Gasteiger partial charge is 0.484 e. The van der Waals surface area contributed by atoms with Crippen LogP contribution in [0.3, 0.4) is 0 Å². The number of nitrogens with two attached hydrogens (primary N) is 1. The van der Waals surface area contributed by atoms with Crippen LogP contribution in [0.25, 0.3) is 0 Å². The first-order chi connectivity index (χ1) is 16.1. The summed E-state index contributed by atoms with van der Waals surface area (Å²) in [5.41, 5.74) is 12.9. The van der Waals surface area contributed by atoms with Gasteiger partial charge in [-0.3, -0.25) is 14.5 Å². The van der Waals surface area contributed by atoms with Gasteiger partial charge in [0.15, 0.2) is 6.61 Å². The van der Waals surface area contributed by atoms with Crippen molar-refractivity contribution in [2.24, 2.45) is 10.8 Å². The van der Waals surface area contributed by atoms with E-state index in [4.69, 9.17) is 10.5 Å². The first kappa shape index (κ1) is 22.2. The van der Waals surface area contributed by atoms with Crippen LogP contribution in [0.15, 0.2) is 77.9 Å². The molecule has 0 atom stereocenters. The van der Waals surface area contributed by atoms with Crippen molar-refractivity contribution < 1.29 is 14.3 Å². The number of hydrazone groups is 1. The number of nitrogens with one attached hydrogen (secondary N) is 1. The van der Waals surface area contributed by atoms with Gasteiger partial charge in [-0.25, -0.2) is 5.43 Å². The Bertz CT molecular complexity index is 1140. The molecule has 0 unspecified atom stereocenters. The number of rotatable bonds is 8. The molecule has 0 fully saturated rings. The molecule has 168 valence electrons. The fraction of sp³-hybridized carbons (Fsp3) is 0.192. The van der Waals surface area contributed by atoms with Gasteiger partial charge in [0.2, 0.25) is 0 Å². The predicted molar refractivity (Wildman–Crippen MR) is 127 cm³/mol. The lowest BCUT2D eigenvalue weighted by Crippen LogP contribution is -2.30. The number of carbonyl (C=O) groups is 2. The van der Waals surface area contributed by atoms with Crippen LogP contribution in [0.4, 0.5) is 0 Å². The van der Waals surface area contributed by atoms with E-state index in [0.717, 1.165) is 31.6 Å². The Balaban J connectivity index is 1.26. The maximum Gasteiger partial charge on any atom is 0.271 e. The minimum Gasteiger partial charge on any atom is -0.484 e. The standard InChI is InChI=1S/C26H26N4O3/c27-25(31)18-33-24-11-7-19(8-12-24)15-28-29-26(32)22-9-5-20(6-10-22)16-30-14-13-21-3-1-2-4-23(21)17-30/h1-12,15H,13-14,16-18H2,(H2,27,31)(H,29,32)/b28-15-. The molecular weight excluding hydrogens is 416 g/mol. The molecule has 0 bridgehead atoms. The zero-order chi connectivity index (χ0) is 23.0.